The summed E-state index contributed by atoms with van der Waals surface area (Å²) in [7, 11) is 0. The van der Waals surface area contributed by atoms with Crippen LogP contribution in [0.4, 0.5) is 0 Å². The van der Waals surface area contributed by atoms with Crippen LogP contribution in [0.25, 0.3) is 0 Å². The van der Waals surface area contributed by atoms with Crippen molar-refractivity contribution >= 4 is 17.6 Å². The number of ether oxygens (including phenoxy) is 2. The Morgan fingerprint density at radius 3 is 2.50 bits per heavy atom. The molecule has 0 bridgehead atoms. The normalized spacial score (nSPS) is 12.3. The summed E-state index contributed by atoms with van der Waals surface area (Å²) in [6.07, 6.45) is 1.71. The second kappa shape index (κ2) is 8.08. The molecule has 0 saturated carbocycles. The third-order valence-electron chi connectivity index (χ3n) is 2.49. The Balaban J connectivity index is 2.24. The van der Waals surface area contributed by atoms with Crippen LogP contribution in [0.2, 0.25) is 0 Å². The van der Waals surface area contributed by atoms with Crippen LogP contribution in [0.1, 0.15) is 26.3 Å². The lowest BCUT2D eigenvalue weighted by Crippen LogP contribution is -2.23. The summed E-state index contributed by atoms with van der Waals surface area (Å²) in [5, 5.41) is 0.468. The molecular weight excluding hydrogens is 276 g/mol. The molecule has 0 spiro atoms. The lowest BCUT2D eigenvalue weighted by atomic mass is 9.97. The molecule has 0 amide bonds. The van der Waals surface area contributed by atoms with Gasteiger partial charge in [0.1, 0.15) is 6.61 Å². The Morgan fingerprint density at radius 2 is 1.90 bits per heavy atom. The van der Waals surface area contributed by atoms with Gasteiger partial charge in [0, 0.05) is 0 Å². The van der Waals surface area contributed by atoms with E-state index in [1.165, 1.54) is 0 Å². The van der Waals surface area contributed by atoms with Gasteiger partial charge in [-0.05, 0) is 32.4 Å². The van der Waals surface area contributed by atoms with Crippen molar-refractivity contribution in [2.45, 2.75) is 27.4 Å². The molecule has 0 unspecified atom stereocenters. The Hall–Kier alpha value is -1.32. The number of benzene rings is 1. The van der Waals surface area contributed by atoms with E-state index in [2.05, 4.69) is 0 Å². The molecule has 0 aromatic heterocycles. The molecule has 0 N–H and O–H groups in total. The van der Waals surface area contributed by atoms with E-state index in [0.717, 1.165) is 5.56 Å². The zero-order valence-electron chi connectivity index (χ0n) is 12.2. The second-order valence-electron chi connectivity index (χ2n) is 5.48. The van der Waals surface area contributed by atoms with Crippen molar-refractivity contribution in [2.24, 2.45) is 5.41 Å². The number of carbonyl (C=O) groups is 1. The summed E-state index contributed by atoms with van der Waals surface area (Å²) >= 11 is 5.96. The van der Waals surface area contributed by atoms with E-state index in [1.807, 2.05) is 30.3 Å². The van der Waals surface area contributed by atoms with Gasteiger partial charge in [-0.25, -0.2) is 0 Å². The van der Waals surface area contributed by atoms with Crippen LogP contribution in [-0.4, -0.2) is 19.2 Å². The number of carbonyl (C=O) groups excluding carboxylic acids is 1. The van der Waals surface area contributed by atoms with E-state index in [1.54, 1.807) is 26.8 Å². The average Bonchev–Trinajstić information content (AvgIpc) is 2.41. The maximum atomic E-state index is 11.5. The van der Waals surface area contributed by atoms with Gasteiger partial charge in [-0.15, -0.1) is 0 Å². The molecule has 4 heteroatoms. The minimum Gasteiger partial charge on any atom is -0.459 e. The van der Waals surface area contributed by atoms with Crippen molar-refractivity contribution in [1.29, 1.82) is 0 Å². The summed E-state index contributed by atoms with van der Waals surface area (Å²) in [6.45, 7) is 6.41. The van der Waals surface area contributed by atoms with Gasteiger partial charge in [-0.2, -0.15) is 0 Å². The van der Waals surface area contributed by atoms with E-state index < -0.39 is 5.41 Å². The van der Waals surface area contributed by atoms with Crippen LogP contribution < -0.4 is 0 Å². The molecule has 1 aromatic carbocycles. The molecular formula is C16H21ClO3. The predicted octanol–water partition coefficient (Wildman–Crippen LogP) is 3.92. The standard InChI is InChI=1S/C16H21ClO3/c1-16(2,3)15(18)20-12-14(17)9-10-19-11-13-7-5-4-6-8-13/h4-9H,10-12H2,1-3H3/b14-9-. The lowest BCUT2D eigenvalue weighted by molar-refractivity contribution is -0.151. The van der Waals surface area contributed by atoms with E-state index in [9.17, 15) is 4.79 Å². The number of rotatable bonds is 6. The first-order valence-electron chi connectivity index (χ1n) is 6.53. The van der Waals surface area contributed by atoms with Crippen molar-refractivity contribution in [3.05, 3.63) is 47.0 Å². The molecule has 0 fully saturated rings. The summed E-state index contributed by atoms with van der Waals surface area (Å²) in [4.78, 5) is 11.5. The summed E-state index contributed by atoms with van der Waals surface area (Å²) in [6, 6.07) is 9.89. The Bertz CT molecular complexity index is 447. The highest BCUT2D eigenvalue weighted by molar-refractivity contribution is 6.29. The minimum atomic E-state index is -0.513. The first kappa shape index (κ1) is 16.7. The maximum Gasteiger partial charge on any atom is 0.311 e. The van der Waals surface area contributed by atoms with Crippen molar-refractivity contribution in [2.75, 3.05) is 13.2 Å². The summed E-state index contributed by atoms with van der Waals surface area (Å²) in [5.74, 6) is -0.269. The fourth-order valence-electron chi connectivity index (χ4n) is 1.31. The summed E-state index contributed by atoms with van der Waals surface area (Å²) in [5.41, 5.74) is 0.595. The molecule has 0 aliphatic rings. The van der Waals surface area contributed by atoms with Gasteiger partial charge in [-0.3, -0.25) is 4.79 Å². The summed E-state index contributed by atoms with van der Waals surface area (Å²) < 4.78 is 10.6. The van der Waals surface area contributed by atoms with E-state index in [-0.39, 0.29) is 12.6 Å². The second-order valence-corrected chi connectivity index (χ2v) is 5.96. The molecule has 20 heavy (non-hydrogen) atoms. The SMILES string of the molecule is CC(C)(C)C(=O)OC/C(Cl)=C/COCc1ccccc1. The highest BCUT2D eigenvalue weighted by Gasteiger charge is 2.22. The van der Waals surface area contributed by atoms with Gasteiger partial charge < -0.3 is 9.47 Å². The third-order valence-corrected chi connectivity index (χ3v) is 2.75. The molecule has 110 valence electrons. The van der Waals surface area contributed by atoms with Crippen molar-refractivity contribution in [1.82, 2.24) is 0 Å². The van der Waals surface area contributed by atoms with E-state index in [0.29, 0.717) is 18.2 Å². The molecule has 3 nitrogen and oxygen atoms in total. The molecule has 0 atom stereocenters. The minimum absolute atomic E-state index is 0.0896. The Kier molecular flexibility index (Phi) is 6.76. The molecule has 0 heterocycles. The van der Waals surface area contributed by atoms with Crippen LogP contribution in [0.3, 0.4) is 0 Å². The Morgan fingerprint density at radius 1 is 1.25 bits per heavy atom. The highest BCUT2D eigenvalue weighted by atomic mass is 35.5. The van der Waals surface area contributed by atoms with Crippen molar-refractivity contribution in [3.63, 3.8) is 0 Å². The highest BCUT2D eigenvalue weighted by Crippen LogP contribution is 2.16. The predicted molar refractivity (Wildman–Crippen MR) is 80.4 cm³/mol. The fraction of sp³-hybridized carbons (Fsp3) is 0.438. The number of halogens is 1. The van der Waals surface area contributed by atoms with Gasteiger partial charge in [0.25, 0.3) is 0 Å². The first-order valence-corrected chi connectivity index (χ1v) is 6.91. The van der Waals surface area contributed by atoms with Crippen LogP contribution in [-0.2, 0) is 20.9 Å². The third kappa shape index (κ3) is 6.73. The van der Waals surface area contributed by atoms with Gasteiger partial charge in [0.15, 0.2) is 0 Å². The monoisotopic (exact) mass is 296 g/mol. The molecule has 0 aliphatic heterocycles. The molecule has 1 aromatic rings. The van der Waals surface area contributed by atoms with Gasteiger partial charge in [0.2, 0.25) is 0 Å². The maximum absolute atomic E-state index is 11.5. The molecule has 1 rings (SSSR count). The largest absolute Gasteiger partial charge is 0.459 e. The molecule has 0 aliphatic carbocycles. The Labute approximate surface area is 125 Å². The van der Waals surface area contributed by atoms with Crippen molar-refractivity contribution in [3.8, 4) is 0 Å². The number of esters is 1. The lowest BCUT2D eigenvalue weighted by Gasteiger charge is -2.16. The van der Waals surface area contributed by atoms with Gasteiger partial charge in [-0.1, -0.05) is 41.9 Å². The van der Waals surface area contributed by atoms with Crippen LogP contribution in [0.15, 0.2) is 41.4 Å². The average molecular weight is 297 g/mol. The quantitative estimate of drug-likeness (QED) is 0.590. The zero-order valence-corrected chi connectivity index (χ0v) is 12.9. The fourth-order valence-corrected chi connectivity index (χ4v) is 1.43. The zero-order chi connectivity index (χ0) is 15.0. The number of hydrogen-bond donors (Lipinski definition) is 0. The number of hydrogen-bond acceptors (Lipinski definition) is 3. The van der Waals surface area contributed by atoms with E-state index in [4.69, 9.17) is 21.1 Å². The molecule has 0 saturated heterocycles. The molecule has 0 radical (unpaired) electrons. The van der Waals surface area contributed by atoms with Crippen molar-refractivity contribution < 1.29 is 14.3 Å². The van der Waals surface area contributed by atoms with E-state index >= 15 is 0 Å². The van der Waals surface area contributed by atoms with Crippen LogP contribution in [0, 0.1) is 5.41 Å². The van der Waals surface area contributed by atoms with Crippen LogP contribution >= 0.6 is 11.6 Å². The van der Waals surface area contributed by atoms with Gasteiger partial charge >= 0.3 is 5.97 Å². The van der Waals surface area contributed by atoms with Crippen LogP contribution in [0.5, 0.6) is 0 Å². The smallest absolute Gasteiger partial charge is 0.311 e. The van der Waals surface area contributed by atoms with Gasteiger partial charge in [0.05, 0.1) is 23.7 Å². The topological polar surface area (TPSA) is 35.5 Å². The first-order chi connectivity index (χ1) is 9.39.